The number of nitrogens with one attached hydrogen (secondary N) is 1. The zero-order valence-corrected chi connectivity index (χ0v) is 19.8. The van der Waals surface area contributed by atoms with Gasteiger partial charge in [0.1, 0.15) is 0 Å². The van der Waals surface area contributed by atoms with Gasteiger partial charge in [-0.25, -0.2) is 0 Å². The summed E-state index contributed by atoms with van der Waals surface area (Å²) in [5, 5.41) is 12.0. The maximum atomic E-state index is 13.6. The van der Waals surface area contributed by atoms with Crippen LogP contribution in [0.25, 0.3) is 0 Å². The minimum atomic E-state index is -4.58. The zero-order valence-electron chi connectivity index (χ0n) is 19.0. The van der Waals surface area contributed by atoms with Crippen LogP contribution in [0.5, 0.6) is 0 Å². The van der Waals surface area contributed by atoms with Crippen LogP contribution in [0.2, 0.25) is 5.02 Å². The molecule has 2 aromatic rings. The molecule has 33 heavy (non-hydrogen) atoms. The summed E-state index contributed by atoms with van der Waals surface area (Å²) in [7, 11) is 0. The number of halogens is 4. The first kappa shape index (κ1) is 26.7. The van der Waals surface area contributed by atoms with Crippen LogP contribution in [0.1, 0.15) is 62.6 Å². The summed E-state index contributed by atoms with van der Waals surface area (Å²) in [6.45, 7) is 6.67. The van der Waals surface area contributed by atoms with Gasteiger partial charge in [0.05, 0.1) is 29.0 Å². The van der Waals surface area contributed by atoms with Crippen molar-refractivity contribution in [1.29, 1.82) is 0 Å². The molecule has 0 heterocycles. The first-order valence-corrected chi connectivity index (χ1v) is 11.2. The first-order valence-electron chi connectivity index (χ1n) is 10.8. The van der Waals surface area contributed by atoms with Crippen LogP contribution in [0.15, 0.2) is 42.5 Å². The number of aryl methyl sites for hydroxylation is 1. The van der Waals surface area contributed by atoms with Gasteiger partial charge in [0.2, 0.25) is 5.91 Å². The molecule has 0 spiro atoms. The van der Waals surface area contributed by atoms with Crippen molar-refractivity contribution in [2.45, 2.75) is 58.5 Å². The van der Waals surface area contributed by atoms with Crippen molar-refractivity contribution in [3.05, 3.63) is 64.2 Å². The van der Waals surface area contributed by atoms with Gasteiger partial charge >= 0.3 is 12.1 Å². The molecule has 0 aromatic heterocycles. The molecule has 180 valence electrons. The maximum Gasteiger partial charge on any atom is 0.392 e. The number of carboxylic acids is 1. The van der Waals surface area contributed by atoms with Gasteiger partial charge in [0, 0.05) is 0 Å². The smallest absolute Gasteiger partial charge is 0.392 e. The average molecular weight is 484 g/mol. The van der Waals surface area contributed by atoms with Crippen LogP contribution in [-0.4, -0.2) is 23.2 Å². The third-order valence-corrected chi connectivity index (χ3v) is 6.25. The van der Waals surface area contributed by atoms with Crippen LogP contribution in [0.4, 0.5) is 18.9 Å². The van der Waals surface area contributed by atoms with E-state index in [4.69, 9.17) is 11.6 Å². The van der Waals surface area contributed by atoms with E-state index in [0.717, 1.165) is 18.9 Å². The SMILES string of the molecule is CCc1ccc([C@@H](C(=O)Nc2cc(C(CC(=O)O)C(C)C)ccc2Cl)[C@@H](C)C(F)(F)F)cc1. The Balaban J connectivity index is 2.42. The predicted molar refractivity (Wildman–Crippen MR) is 124 cm³/mol. The summed E-state index contributed by atoms with van der Waals surface area (Å²) < 4.78 is 40.9. The van der Waals surface area contributed by atoms with Gasteiger partial charge in [-0.3, -0.25) is 9.59 Å². The average Bonchev–Trinajstić information content (AvgIpc) is 2.73. The number of anilines is 1. The summed E-state index contributed by atoms with van der Waals surface area (Å²) in [5.41, 5.74) is 2.00. The van der Waals surface area contributed by atoms with Crippen molar-refractivity contribution in [1.82, 2.24) is 0 Å². The van der Waals surface area contributed by atoms with Crippen molar-refractivity contribution < 1.29 is 27.9 Å². The van der Waals surface area contributed by atoms with E-state index in [-0.39, 0.29) is 34.5 Å². The molecule has 2 N–H and O–H groups in total. The second kappa shape index (κ2) is 11.1. The third kappa shape index (κ3) is 6.97. The van der Waals surface area contributed by atoms with E-state index >= 15 is 0 Å². The van der Waals surface area contributed by atoms with Gasteiger partial charge in [-0.1, -0.05) is 69.6 Å². The fraction of sp³-hybridized carbons (Fsp3) is 0.440. The normalized spacial score (nSPS) is 14.6. The highest BCUT2D eigenvalue weighted by molar-refractivity contribution is 6.33. The Hall–Kier alpha value is -2.54. The molecule has 4 nitrogen and oxygen atoms in total. The molecule has 0 bridgehead atoms. The summed E-state index contributed by atoms with van der Waals surface area (Å²) >= 11 is 6.24. The Morgan fingerprint density at radius 1 is 1.03 bits per heavy atom. The molecule has 0 fully saturated rings. The Labute approximate surface area is 197 Å². The molecule has 2 aromatic carbocycles. The molecule has 0 radical (unpaired) electrons. The molecule has 0 aliphatic heterocycles. The van der Waals surface area contributed by atoms with E-state index in [1.165, 1.54) is 6.07 Å². The maximum absolute atomic E-state index is 13.6. The number of hydrogen-bond acceptors (Lipinski definition) is 2. The lowest BCUT2D eigenvalue weighted by Gasteiger charge is -2.26. The van der Waals surface area contributed by atoms with Crippen molar-refractivity contribution in [2.75, 3.05) is 5.32 Å². The Morgan fingerprint density at radius 2 is 1.61 bits per heavy atom. The van der Waals surface area contributed by atoms with Crippen LogP contribution < -0.4 is 5.32 Å². The fourth-order valence-electron chi connectivity index (χ4n) is 3.82. The number of amides is 1. The number of carboxylic acid groups (broad SMARTS) is 1. The van der Waals surface area contributed by atoms with Crippen LogP contribution in [-0.2, 0) is 16.0 Å². The molecule has 8 heteroatoms. The van der Waals surface area contributed by atoms with Gasteiger partial charge in [-0.2, -0.15) is 13.2 Å². The topological polar surface area (TPSA) is 66.4 Å². The van der Waals surface area contributed by atoms with E-state index in [1.54, 1.807) is 36.4 Å². The second-order valence-corrected chi connectivity index (χ2v) is 8.99. The number of alkyl halides is 3. The number of carbonyl (C=O) groups excluding carboxylic acids is 1. The molecule has 0 saturated heterocycles. The quantitative estimate of drug-likeness (QED) is 0.402. The van der Waals surface area contributed by atoms with Crippen molar-refractivity contribution >= 4 is 29.2 Å². The summed E-state index contributed by atoms with van der Waals surface area (Å²) in [4.78, 5) is 24.4. The highest BCUT2D eigenvalue weighted by atomic mass is 35.5. The zero-order chi connectivity index (χ0) is 24.9. The lowest BCUT2D eigenvalue weighted by atomic mass is 9.84. The molecule has 0 aliphatic rings. The van der Waals surface area contributed by atoms with Gasteiger partial charge < -0.3 is 10.4 Å². The first-order chi connectivity index (χ1) is 15.3. The number of hydrogen-bond donors (Lipinski definition) is 2. The molecular formula is C25H29ClF3NO3. The van der Waals surface area contributed by atoms with Gasteiger partial charge in [-0.15, -0.1) is 0 Å². The lowest BCUT2D eigenvalue weighted by Crippen LogP contribution is -2.34. The Bertz CT molecular complexity index is 974. The number of aliphatic carboxylic acids is 1. The van der Waals surface area contributed by atoms with E-state index in [9.17, 15) is 27.9 Å². The van der Waals surface area contributed by atoms with Crippen LogP contribution in [0, 0.1) is 11.8 Å². The predicted octanol–water partition coefficient (Wildman–Crippen LogP) is 7.04. The van der Waals surface area contributed by atoms with Gasteiger partial charge in [0.25, 0.3) is 0 Å². The summed E-state index contributed by atoms with van der Waals surface area (Å²) in [6, 6.07) is 11.3. The third-order valence-electron chi connectivity index (χ3n) is 5.92. The van der Waals surface area contributed by atoms with E-state index in [0.29, 0.717) is 5.56 Å². The van der Waals surface area contributed by atoms with Gasteiger partial charge in [-0.05, 0) is 47.1 Å². The Kier molecular flexibility index (Phi) is 8.95. The minimum absolute atomic E-state index is 0.0130. The van der Waals surface area contributed by atoms with E-state index in [2.05, 4.69) is 5.32 Å². The van der Waals surface area contributed by atoms with Crippen molar-refractivity contribution in [3.63, 3.8) is 0 Å². The van der Waals surface area contributed by atoms with Crippen molar-refractivity contribution in [3.8, 4) is 0 Å². The Morgan fingerprint density at radius 3 is 2.09 bits per heavy atom. The number of rotatable bonds is 9. The number of benzene rings is 2. The monoisotopic (exact) mass is 483 g/mol. The summed E-state index contributed by atoms with van der Waals surface area (Å²) in [6.07, 6.45) is -3.98. The van der Waals surface area contributed by atoms with E-state index < -0.39 is 29.9 Å². The molecule has 0 aliphatic carbocycles. The highest BCUT2D eigenvalue weighted by Crippen LogP contribution is 2.39. The lowest BCUT2D eigenvalue weighted by molar-refractivity contribution is -0.178. The van der Waals surface area contributed by atoms with Crippen molar-refractivity contribution in [2.24, 2.45) is 11.8 Å². The van der Waals surface area contributed by atoms with Crippen LogP contribution >= 0.6 is 11.6 Å². The van der Waals surface area contributed by atoms with Gasteiger partial charge in [0.15, 0.2) is 0 Å². The molecule has 0 saturated carbocycles. The molecule has 3 atom stereocenters. The minimum Gasteiger partial charge on any atom is -0.481 e. The fourth-order valence-corrected chi connectivity index (χ4v) is 3.99. The van der Waals surface area contributed by atoms with E-state index in [1.807, 2.05) is 20.8 Å². The highest BCUT2D eigenvalue weighted by Gasteiger charge is 2.45. The molecule has 1 amide bonds. The molecule has 2 rings (SSSR count). The number of carbonyl (C=O) groups is 2. The van der Waals surface area contributed by atoms with Crippen LogP contribution in [0.3, 0.4) is 0 Å². The standard InChI is InChI=1S/C25H29ClF3NO3/c1-5-16-6-8-17(9-7-16)23(15(4)25(27,28)29)24(33)30-21-12-18(10-11-20(21)26)19(14(2)3)13-22(31)32/h6-12,14-15,19,23H,5,13H2,1-4H3,(H,30,33)(H,31,32)/t15-,19?,23+/m1/s1. The second-order valence-electron chi connectivity index (χ2n) is 8.58. The molecular weight excluding hydrogens is 455 g/mol. The summed E-state index contributed by atoms with van der Waals surface area (Å²) in [5.74, 6) is -5.56. The molecule has 1 unspecified atom stereocenters. The largest absolute Gasteiger partial charge is 0.481 e.